The highest BCUT2D eigenvalue weighted by atomic mass is 16.5. The molecule has 0 atom stereocenters. The van der Waals surface area contributed by atoms with Gasteiger partial charge in [0.25, 0.3) is 5.91 Å². The average Bonchev–Trinajstić information content (AvgIpc) is 2.88. The van der Waals surface area contributed by atoms with Crippen LogP contribution in [0.15, 0.2) is 84.0 Å². The fourth-order valence-corrected chi connectivity index (χ4v) is 3.39. The summed E-state index contributed by atoms with van der Waals surface area (Å²) in [6.45, 7) is 0.392. The summed E-state index contributed by atoms with van der Waals surface area (Å²) in [7, 11) is 2.88. The number of phenolic OH excluding ortho intramolecular Hbond substituents is 1. The van der Waals surface area contributed by atoms with Crippen LogP contribution in [0.25, 0.3) is 10.8 Å². The number of methoxy groups -OCH3 is 2. The second-order valence-electron chi connectivity index (χ2n) is 7.47. The number of hydrogen-bond acceptors (Lipinski definition) is 6. The molecule has 2 N–H and O–H groups in total. The molecular formula is C27H24N2O5. The van der Waals surface area contributed by atoms with E-state index >= 15 is 0 Å². The van der Waals surface area contributed by atoms with E-state index in [2.05, 4.69) is 16.6 Å². The number of hydrogen-bond donors (Lipinski definition) is 2. The molecule has 0 aromatic heterocycles. The van der Waals surface area contributed by atoms with E-state index < -0.39 is 0 Å². The molecule has 0 radical (unpaired) electrons. The number of fused-ring (bicyclic) bond motifs is 1. The molecule has 4 aromatic carbocycles. The molecule has 0 saturated heterocycles. The van der Waals surface area contributed by atoms with Crippen molar-refractivity contribution in [3.63, 3.8) is 0 Å². The first kappa shape index (κ1) is 22.7. The number of benzene rings is 4. The van der Waals surface area contributed by atoms with E-state index in [1.165, 1.54) is 20.4 Å². The lowest BCUT2D eigenvalue weighted by Gasteiger charge is -2.09. The Morgan fingerprint density at radius 1 is 0.912 bits per heavy atom. The van der Waals surface area contributed by atoms with Gasteiger partial charge in [0.15, 0.2) is 11.5 Å². The minimum absolute atomic E-state index is 0.101. The van der Waals surface area contributed by atoms with Crippen LogP contribution in [0.1, 0.15) is 21.5 Å². The molecular weight excluding hydrogens is 432 g/mol. The maximum absolute atomic E-state index is 12.4. The number of rotatable bonds is 8. The van der Waals surface area contributed by atoms with Crippen LogP contribution in [0.3, 0.4) is 0 Å². The number of phenols is 1. The Labute approximate surface area is 197 Å². The molecule has 4 aromatic rings. The molecule has 0 bridgehead atoms. The minimum Gasteiger partial charge on any atom is -0.502 e. The first-order chi connectivity index (χ1) is 16.6. The fourth-order valence-electron chi connectivity index (χ4n) is 3.39. The molecule has 34 heavy (non-hydrogen) atoms. The molecule has 0 heterocycles. The summed E-state index contributed by atoms with van der Waals surface area (Å²) in [5.41, 5.74) is 4.48. The highest BCUT2D eigenvalue weighted by Gasteiger charge is 2.10. The van der Waals surface area contributed by atoms with Gasteiger partial charge in [-0.1, -0.05) is 42.5 Å². The van der Waals surface area contributed by atoms with Crippen LogP contribution in [0, 0.1) is 0 Å². The predicted octanol–water partition coefficient (Wildman–Crippen LogP) is 4.91. The standard InChI is InChI=1S/C27H24N2O5/c1-32-24-13-19(14-25(33-2)26(24)30)16-28-29-27(31)21-9-7-18(8-10-21)17-34-23-12-11-20-5-3-4-6-22(20)15-23/h3-16,30H,17H2,1-2H3,(H,29,31)/b28-16+. The number of amides is 1. The highest BCUT2D eigenvalue weighted by molar-refractivity contribution is 5.95. The zero-order valence-corrected chi connectivity index (χ0v) is 18.8. The van der Waals surface area contributed by atoms with Crippen molar-refractivity contribution in [2.45, 2.75) is 6.61 Å². The van der Waals surface area contributed by atoms with Gasteiger partial charge in [-0.15, -0.1) is 0 Å². The van der Waals surface area contributed by atoms with Gasteiger partial charge in [0.2, 0.25) is 5.75 Å². The van der Waals surface area contributed by atoms with Crippen LogP contribution in [0.4, 0.5) is 0 Å². The second-order valence-corrected chi connectivity index (χ2v) is 7.47. The van der Waals surface area contributed by atoms with E-state index in [0.717, 1.165) is 22.1 Å². The van der Waals surface area contributed by atoms with Crippen molar-refractivity contribution in [1.82, 2.24) is 5.43 Å². The Morgan fingerprint density at radius 2 is 1.59 bits per heavy atom. The maximum atomic E-state index is 12.4. The van der Waals surface area contributed by atoms with Gasteiger partial charge in [-0.2, -0.15) is 5.10 Å². The first-order valence-corrected chi connectivity index (χ1v) is 10.6. The summed E-state index contributed by atoms with van der Waals surface area (Å²) >= 11 is 0. The third kappa shape index (κ3) is 5.27. The zero-order valence-electron chi connectivity index (χ0n) is 18.8. The number of nitrogens with one attached hydrogen (secondary N) is 1. The Hall–Kier alpha value is -4.52. The molecule has 4 rings (SSSR count). The van der Waals surface area contributed by atoms with E-state index in [4.69, 9.17) is 14.2 Å². The van der Waals surface area contributed by atoms with E-state index in [1.807, 2.05) is 48.5 Å². The van der Waals surface area contributed by atoms with Crippen LogP contribution in [-0.2, 0) is 6.61 Å². The molecule has 0 unspecified atom stereocenters. The quantitative estimate of drug-likeness (QED) is 0.291. The van der Waals surface area contributed by atoms with Crippen LogP contribution >= 0.6 is 0 Å². The summed E-state index contributed by atoms with van der Waals surface area (Å²) in [4.78, 5) is 12.4. The first-order valence-electron chi connectivity index (χ1n) is 10.6. The van der Waals surface area contributed by atoms with Gasteiger partial charge >= 0.3 is 0 Å². The lowest BCUT2D eigenvalue weighted by molar-refractivity contribution is 0.0955. The van der Waals surface area contributed by atoms with E-state index in [9.17, 15) is 9.90 Å². The number of carbonyl (C=O) groups is 1. The third-order valence-corrected chi connectivity index (χ3v) is 5.22. The van der Waals surface area contributed by atoms with E-state index in [1.54, 1.807) is 24.3 Å². The summed E-state index contributed by atoms with van der Waals surface area (Å²) < 4.78 is 16.1. The summed E-state index contributed by atoms with van der Waals surface area (Å²) in [6.07, 6.45) is 1.44. The molecule has 0 aliphatic rings. The lowest BCUT2D eigenvalue weighted by atomic mass is 10.1. The summed E-state index contributed by atoms with van der Waals surface area (Å²) in [6, 6.07) is 24.4. The van der Waals surface area contributed by atoms with Crippen LogP contribution in [0.5, 0.6) is 23.0 Å². The molecule has 0 saturated carbocycles. The fraction of sp³-hybridized carbons (Fsp3) is 0.111. The topological polar surface area (TPSA) is 89.4 Å². The molecule has 0 spiro atoms. The number of carbonyl (C=O) groups excluding carboxylic acids is 1. The van der Waals surface area contributed by atoms with Crippen molar-refractivity contribution < 1.29 is 24.1 Å². The number of hydrazone groups is 1. The van der Waals surface area contributed by atoms with Crippen LogP contribution in [-0.4, -0.2) is 31.4 Å². The SMILES string of the molecule is COc1cc(/C=N/NC(=O)c2ccc(COc3ccc4ccccc4c3)cc2)cc(OC)c1O. The van der Waals surface area contributed by atoms with Crippen molar-refractivity contribution in [2.75, 3.05) is 14.2 Å². The van der Waals surface area contributed by atoms with Crippen LogP contribution in [0.2, 0.25) is 0 Å². The van der Waals surface area contributed by atoms with E-state index in [0.29, 0.717) is 17.7 Å². The zero-order chi connectivity index (χ0) is 23.9. The Morgan fingerprint density at radius 3 is 2.26 bits per heavy atom. The molecule has 1 amide bonds. The molecule has 0 aliphatic carbocycles. The summed E-state index contributed by atoms with van der Waals surface area (Å²) in [5, 5.41) is 16.2. The van der Waals surface area contributed by atoms with Gasteiger partial charge in [-0.05, 0) is 52.7 Å². The van der Waals surface area contributed by atoms with Crippen molar-refractivity contribution in [3.8, 4) is 23.0 Å². The lowest BCUT2D eigenvalue weighted by Crippen LogP contribution is -2.17. The average molecular weight is 456 g/mol. The number of nitrogens with zero attached hydrogens (tertiary/aromatic N) is 1. The third-order valence-electron chi connectivity index (χ3n) is 5.22. The summed E-state index contributed by atoms with van der Waals surface area (Å²) in [5.74, 6) is 0.825. The normalized spacial score (nSPS) is 10.9. The van der Waals surface area contributed by atoms with E-state index in [-0.39, 0.29) is 23.2 Å². The van der Waals surface area contributed by atoms with Crippen molar-refractivity contribution in [1.29, 1.82) is 0 Å². The minimum atomic E-state index is -0.351. The molecule has 0 aliphatic heterocycles. The highest BCUT2D eigenvalue weighted by Crippen LogP contribution is 2.36. The van der Waals surface area contributed by atoms with Crippen molar-refractivity contribution in [2.24, 2.45) is 5.10 Å². The van der Waals surface area contributed by atoms with Gasteiger partial charge in [-0.25, -0.2) is 5.43 Å². The maximum Gasteiger partial charge on any atom is 0.271 e. The van der Waals surface area contributed by atoms with Crippen molar-refractivity contribution in [3.05, 3.63) is 95.6 Å². The van der Waals surface area contributed by atoms with Gasteiger partial charge in [0, 0.05) is 11.1 Å². The largest absolute Gasteiger partial charge is 0.502 e. The van der Waals surface area contributed by atoms with Crippen LogP contribution < -0.4 is 19.6 Å². The monoisotopic (exact) mass is 456 g/mol. The Bertz CT molecular complexity index is 1310. The number of ether oxygens (including phenoxy) is 3. The Kier molecular flexibility index (Phi) is 6.93. The molecule has 7 heteroatoms. The molecule has 172 valence electrons. The van der Waals surface area contributed by atoms with Gasteiger partial charge in [0.05, 0.1) is 20.4 Å². The van der Waals surface area contributed by atoms with Crippen molar-refractivity contribution >= 4 is 22.9 Å². The smallest absolute Gasteiger partial charge is 0.271 e. The predicted molar refractivity (Wildman–Crippen MR) is 131 cm³/mol. The molecule has 7 nitrogen and oxygen atoms in total. The second kappa shape index (κ2) is 10.4. The van der Waals surface area contributed by atoms with Gasteiger partial charge < -0.3 is 19.3 Å². The molecule has 0 fully saturated rings. The Balaban J connectivity index is 1.34. The number of aromatic hydroxyl groups is 1. The van der Waals surface area contributed by atoms with Gasteiger partial charge in [-0.3, -0.25) is 4.79 Å². The van der Waals surface area contributed by atoms with Gasteiger partial charge in [0.1, 0.15) is 12.4 Å².